The van der Waals surface area contributed by atoms with E-state index in [4.69, 9.17) is 18.5 Å². The number of carbonyl (C=O) groups excluding carboxylic acids is 1. The third-order valence-electron chi connectivity index (χ3n) is 9.61. The maximum atomic E-state index is 12.7. The molecule has 0 heterocycles. The average molecular weight is 810 g/mol. The van der Waals surface area contributed by atoms with Crippen molar-refractivity contribution in [1.29, 1.82) is 0 Å². The summed E-state index contributed by atoms with van der Waals surface area (Å²) in [7, 11) is 1.34. The summed E-state index contributed by atoms with van der Waals surface area (Å²) in [6, 6.07) is 0. The zero-order valence-electron chi connectivity index (χ0n) is 37.1. The molecule has 0 aliphatic rings. The van der Waals surface area contributed by atoms with Crippen LogP contribution in [0.2, 0.25) is 0 Å². The lowest BCUT2D eigenvalue weighted by molar-refractivity contribution is -0.870. The van der Waals surface area contributed by atoms with Gasteiger partial charge in [-0.25, -0.2) is 0 Å². The van der Waals surface area contributed by atoms with Gasteiger partial charge in [0.25, 0.3) is 7.82 Å². The second-order valence-corrected chi connectivity index (χ2v) is 17.8. The molecule has 0 saturated carbocycles. The predicted molar refractivity (Wildman–Crippen MR) is 236 cm³/mol. The highest BCUT2D eigenvalue weighted by atomic mass is 31.2. The highest BCUT2D eigenvalue weighted by Crippen LogP contribution is 2.38. The van der Waals surface area contributed by atoms with E-state index >= 15 is 0 Å². The molecule has 0 N–H and O–H groups in total. The quantitative estimate of drug-likeness (QED) is 0.0199. The maximum Gasteiger partial charge on any atom is 0.306 e. The lowest BCUT2D eigenvalue weighted by Crippen LogP contribution is -2.37. The molecular formula is C47H88NO7P. The van der Waals surface area contributed by atoms with Crippen LogP contribution < -0.4 is 4.89 Å². The number of ether oxygens (including phenoxy) is 2. The molecule has 2 atom stereocenters. The van der Waals surface area contributed by atoms with Gasteiger partial charge in [0.15, 0.2) is 0 Å². The highest BCUT2D eigenvalue weighted by Gasteiger charge is 2.20. The molecule has 0 aromatic heterocycles. The van der Waals surface area contributed by atoms with Crippen LogP contribution in [-0.4, -0.2) is 70.7 Å². The van der Waals surface area contributed by atoms with Crippen molar-refractivity contribution in [3.05, 3.63) is 48.6 Å². The Morgan fingerprint density at radius 3 is 1.57 bits per heavy atom. The number of nitrogens with zero attached hydrogens (tertiary/aromatic N) is 1. The van der Waals surface area contributed by atoms with Crippen molar-refractivity contribution in [1.82, 2.24) is 0 Å². The van der Waals surface area contributed by atoms with Crippen LogP contribution in [0.25, 0.3) is 0 Å². The zero-order valence-corrected chi connectivity index (χ0v) is 38.0. The Bertz CT molecular complexity index is 1040. The highest BCUT2D eigenvalue weighted by molar-refractivity contribution is 7.45. The van der Waals surface area contributed by atoms with E-state index in [-0.39, 0.29) is 25.8 Å². The number of likely N-dealkylation sites (N-methyl/N-ethyl adjacent to an activating group) is 1. The molecule has 0 aliphatic carbocycles. The molecule has 0 rings (SSSR count). The van der Waals surface area contributed by atoms with Gasteiger partial charge in [-0.3, -0.25) is 9.36 Å². The molecule has 9 heteroatoms. The summed E-state index contributed by atoms with van der Waals surface area (Å²) >= 11 is 0. The largest absolute Gasteiger partial charge is 0.756 e. The first kappa shape index (κ1) is 54.5. The Morgan fingerprint density at radius 2 is 1.04 bits per heavy atom. The third-order valence-corrected chi connectivity index (χ3v) is 10.6. The van der Waals surface area contributed by atoms with E-state index in [0.717, 1.165) is 70.6 Å². The Hall–Kier alpha value is -1.54. The van der Waals surface area contributed by atoms with Crippen LogP contribution in [0, 0.1) is 0 Å². The summed E-state index contributed by atoms with van der Waals surface area (Å²) in [6.07, 6.45) is 48.4. The first-order valence-electron chi connectivity index (χ1n) is 22.9. The predicted octanol–water partition coefficient (Wildman–Crippen LogP) is 12.9. The first-order chi connectivity index (χ1) is 27.1. The van der Waals surface area contributed by atoms with Gasteiger partial charge in [0.1, 0.15) is 19.3 Å². The van der Waals surface area contributed by atoms with E-state index in [1.807, 2.05) is 21.1 Å². The number of allylic oxidation sites excluding steroid dienone is 8. The van der Waals surface area contributed by atoms with E-state index in [1.54, 1.807) is 0 Å². The van der Waals surface area contributed by atoms with E-state index < -0.39 is 13.9 Å². The Balaban J connectivity index is 4.22. The molecule has 0 radical (unpaired) electrons. The molecule has 0 aromatic carbocycles. The second-order valence-electron chi connectivity index (χ2n) is 16.4. The molecule has 0 spiro atoms. The van der Waals surface area contributed by atoms with Gasteiger partial charge >= 0.3 is 5.97 Å². The summed E-state index contributed by atoms with van der Waals surface area (Å²) in [5.41, 5.74) is 0. The monoisotopic (exact) mass is 810 g/mol. The Kier molecular flexibility index (Phi) is 39.1. The zero-order chi connectivity index (χ0) is 41.3. The van der Waals surface area contributed by atoms with Crippen LogP contribution in [-0.2, 0) is 27.9 Å². The van der Waals surface area contributed by atoms with E-state index in [2.05, 4.69) is 62.5 Å². The van der Waals surface area contributed by atoms with Crippen LogP contribution in [0.15, 0.2) is 48.6 Å². The number of hydrogen-bond donors (Lipinski definition) is 0. The van der Waals surface area contributed by atoms with Gasteiger partial charge in [-0.1, -0.05) is 159 Å². The molecule has 0 fully saturated rings. The van der Waals surface area contributed by atoms with Crippen molar-refractivity contribution >= 4 is 13.8 Å². The molecule has 8 nitrogen and oxygen atoms in total. The number of carbonyl (C=O) groups is 1. The van der Waals surface area contributed by atoms with Crippen LogP contribution in [0.5, 0.6) is 0 Å². The minimum absolute atomic E-state index is 0.0206. The van der Waals surface area contributed by atoms with Gasteiger partial charge in [0.05, 0.1) is 34.4 Å². The maximum absolute atomic E-state index is 12.7. The summed E-state index contributed by atoms with van der Waals surface area (Å²) in [6.45, 7) is 5.27. The molecule has 0 aliphatic heterocycles. The smallest absolute Gasteiger partial charge is 0.306 e. The number of phosphoric acid groups is 1. The van der Waals surface area contributed by atoms with E-state index in [0.29, 0.717) is 24.1 Å². The van der Waals surface area contributed by atoms with Crippen LogP contribution in [0.1, 0.15) is 187 Å². The first-order valence-corrected chi connectivity index (χ1v) is 24.3. The van der Waals surface area contributed by atoms with Gasteiger partial charge in [-0.15, -0.1) is 0 Å². The van der Waals surface area contributed by atoms with Crippen molar-refractivity contribution in [2.45, 2.75) is 193 Å². The molecule has 56 heavy (non-hydrogen) atoms. The van der Waals surface area contributed by atoms with Crippen molar-refractivity contribution in [3.8, 4) is 0 Å². The third kappa shape index (κ3) is 43.6. The number of phosphoric ester groups is 1. The normalized spacial score (nSPS) is 14.2. The summed E-state index contributed by atoms with van der Waals surface area (Å²) in [4.78, 5) is 25.1. The van der Waals surface area contributed by atoms with Gasteiger partial charge < -0.3 is 27.9 Å². The number of esters is 1. The van der Waals surface area contributed by atoms with E-state index in [1.165, 1.54) is 96.3 Å². The second kappa shape index (κ2) is 40.2. The summed E-state index contributed by atoms with van der Waals surface area (Å²) in [5.74, 6) is -0.352. The van der Waals surface area contributed by atoms with Gasteiger partial charge in [-0.2, -0.15) is 0 Å². The molecule has 0 bridgehead atoms. The SMILES string of the molecule is CC/C=C\C/C=C\C/C=C\CCCCCCCC(=O)OC(COCCCCCCCCCC/C=C\CCCCCCCCC)COP(=O)([O-])OCC[N+](C)(C)C. The molecule has 2 unspecified atom stereocenters. The van der Waals surface area contributed by atoms with Crippen LogP contribution >= 0.6 is 7.82 Å². The molecule has 0 saturated heterocycles. The average Bonchev–Trinajstić information content (AvgIpc) is 3.15. The Morgan fingerprint density at radius 1 is 0.571 bits per heavy atom. The van der Waals surface area contributed by atoms with E-state index in [9.17, 15) is 14.3 Å². The topological polar surface area (TPSA) is 94.1 Å². The van der Waals surface area contributed by atoms with Crippen molar-refractivity contribution < 1.29 is 37.3 Å². The summed E-state index contributed by atoms with van der Waals surface area (Å²) in [5, 5.41) is 0. The Labute approximate surface area is 346 Å². The molecule has 0 amide bonds. The van der Waals surface area contributed by atoms with Crippen molar-refractivity contribution in [2.24, 2.45) is 0 Å². The molecule has 0 aromatic rings. The van der Waals surface area contributed by atoms with Crippen molar-refractivity contribution in [3.63, 3.8) is 0 Å². The molecule has 328 valence electrons. The fourth-order valence-electron chi connectivity index (χ4n) is 6.08. The fourth-order valence-corrected chi connectivity index (χ4v) is 6.81. The minimum atomic E-state index is -4.53. The number of unbranched alkanes of at least 4 members (excludes halogenated alkanes) is 20. The standard InChI is InChI=1S/C47H88NO7P/c1-6-8-10-12-14-16-18-20-22-23-24-25-27-29-31-33-35-37-39-42-52-44-46(45-54-56(50,51)53-43-41-48(3,4)5)55-47(49)40-38-36-34-32-30-28-26-21-19-17-15-13-11-9-7-2/h9,11,15,17,21-23,26,46H,6-8,10,12-14,16,18-20,24-25,27-45H2,1-5H3/b11-9-,17-15-,23-22-,26-21-. The number of rotatable bonds is 42. The van der Waals surface area contributed by atoms with Crippen molar-refractivity contribution in [2.75, 3.05) is 54.1 Å². The lowest BCUT2D eigenvalue weighted by atomic mass is 10.1. The number of quaternary nitrogens is 1. The van der Waals surface area contributed by atoms with Crippen LogP contribution in [0.4, 0.5) is 0 Å². The fraction of sp³-hybridized carbons (Fsp3) is 0.809. The van der Waals surface area contributed by atoms with Gasteiger partial charge in [0.2, 0.25) is 0 Å². The molecular weight excluding hydrogens is 721 g/mol. The minimum Gasteiger partial charge on any atom is -0.756 e. The number of hydrogen-bond acceptors (Lipinski definition) is 7. The van der Waals surface area contributed by atoms with Crippen LogP contribution in [0.3, 0.4) is 0 Å². The lowest BCUT2D eigenvalue weighted by Gasteiger charge is -2.28. The summed E-state index contributed by atoms with van der Waals surface area (Å²) < 4.78 is 34.6. The van der Waals surface area contributed by atoms with Gasteiger partial charge in [-0.05, 0) is 70.6 Å². The van der Waals surface area contributed by atoms with Gasteiger partial charge in [0, 0.05) is 13.0 Å².